The van der Waals surface area contributed by atoms with E-state index in [1.807, 2.05) is 0 Å². The Kier molecular flexibility index (Phi) is 4.01. The van der Waals surface area contributed by atoms with Gasteiger partial charge in [-0.1, -0.05) is 18.6 Å². The fraction of sp³-hybridized carbons (Fsp3) is 0.800. The van der Waals surface area contributed by atoms with E-state index in [0.29, 0.717) is 12.8 Å². The molecule has 0 aromatic heterocycles. The lowest BCUT2D eigenvalue weighted by atomic mass is 9.67. The molecule has 1 aliphatic rings. The van der Waals surface area contributed by atoms with Crippen LogP contribution in [0.3, 0.4) is 0 Å². The van der Waals surface area contributed by atoms with Crippen LogP contribution in [0.1, 0.15) is 25.7 Å². The molecule has 0 aliphatic heterocycles. The summed E-state index contributed by atoms with van der Waals surface area (Å²) in [5.41, 5.74) is 4.62. The first-order chi connectivity index (χ1) is 7.69. The smallest absolute Gasteiger partial charge is 0.390 e. The first-order valence-electron chi connectivity index (χ1n) is 5.31. The molecule has 3 nitrogen and oxygen atoms in total. The Balaban J connectivity index is 2.60. The summed E-state index contributed by atoms with van der Waals surface area (Å²) in [6.45, 7) is -0.354. The molecule has 1 fully saturated rings. The second kappa shape index (κ2) is 4.80. The maximum atomic E-state index is 12.0. The van der Waals surface area contributed by atoms with Gasteiger partial charge in [0, 0.05) is 13.6 Å². The van der Waals surface area contributed by atoms with Gasteiger partial charge in [0.15, 0.2) is 0 Å². The zero-order valence-corrected chi connectivity index (χ0v) is 10.3. The average Bonchev–Trinajstić information content (AvgIpc) is 2.10. The number of alkyl halides is 3. The van der Waals surface area contributed by atoms with Gasteiger partial charge in [-0.25, -0.2) is 0 Å². The summed E-state index contributed by atoms with van der Waals surface area (Å²) < 4.78 is 36.1. The minimum atomic E-state index is -4.26. The number of amides is 1. The summed E-state index contributed by atoms with van der Waals surface area (Å²) in [6, 6.07) is 0. The third-order valence-electron chi connectivity index (χ3n) is 3.17. The van der Waals surface area contributed by atoms with Crippen LogP contribution in [0.25, 0.3) is 0 Å². The van der Waals surface area contributed by atoms with E-state index in [1.165, 1.54) is 7.05 Å². The maximum Gasteiger partial charge on any atom is 0.390 e. The molecule has 0 unspecified atom stereocenters. The second-order valence-corrected chi connectivity index (χ2v) is 4.83. The van der Waals surface area contributed by atoms with Crippen molar-refractivity contribution in [3.05, 3.63) is 0 Å². The van der Waals surface area contributed by atoms with Crippen LogP contribution in [-0.2, 0) is 4.79 Å². The highest BCUT2D eigenvalue weighted by molar-refractivity contribution is 7.80. The highest BCUT2D eigenvalue weighted by Crippen LogP contribution is 2.42. The van der Waals surface area contributed by atoms with Crippen LogP contribution in [0.15, 0.2) is 0 Å². The van der Waals surface area contributed by atoms with Crippen molar-refractivity contribution in [1.82, 2.24) is 4.90 Å². The third kappa shape index (κ3) is 3.08. The van der Waals surface area contributed by atoms with E-state index in [2.05, 4.69) is 0 Å². The lowest BCUT2D eigenvalue weighted by molar-refractivity contribution is -0.149. The molecule has 0 radical (unpaired) electrons. The number of rotatable bonds is 4. The van der Waals surface area contributed by atoms with Gasteiger partial charge in [0.1, 0.15) is 0 Å². The van der Waals surface area contributed by atoms with Crippen molar-refractivity contribution >= 4 is 23.1 Å². The molecule has 0 atom stereocenters. The predicted octanol–water partition coefficient (Wildman–Crippen LogP) is 1.85. The summed E-state index contributed by atoms with van der Waals surface area (Å²) in [4.78, 5) is 13.2. The molecule has 17 heavy (non-hydrogen) atoms. The van der Waals surface area contributed by atoms with E-state index < -0.39 is 18.0 Å². The molecular weight excluding hydrogens is 253 g/mol. The fourth-order valence-electron chi connectivity index (χ4n) is 1.86. The third-order valence-corrected chi connectivity index (χ3v) is 3.56. The molecule has 0 aromatic carbocycles. The second-order valence-electron chi connectivity index (χ2n) is 4.39. The Morgan fingerprint density at radius 3 is 2.29 bits per heavy atom. The van der Waals surface area contributed by atoms with E-state index in [-0.39, 0.29) is 17.4 Å². The zero-order valence-electron chi connectivity index (χ0n) is 9.51. The molecule has 0 saturated heterocycles. The number of hydrogen-bond acceptors (Lipinski definition) is 2. The lowest BCUT2D eigenvalue weighted by Crippen LogP contribution is -2.53. The fourth-order valence-corrected chi connectivity index (χ4v) is 2.15. The van der Waals surface area contributed by atoms with E-state index >= 15 is 0 Å². The van der Waals surface area contributed by atoms with Gasteiger partial charge < -0.3 is 10.6 Å². The zero-order chi connectivity index (χ0) is 13.3. The van der Waals surface area contributed by atoms with Gasteiger partial charge >= 0.3 is 6.18 Å². The van der Waals surface area contributed by atoms with Crippen LogP contribution in [0.4, 0.5) is 13.2 Å². The number of thiocarbonyl (C=S) groups is 1. The first kappa shape index (κ1) is 14.2. The molecule has 0 heterocycles. The first-order valence-corrected chi connectivity index (χ1v) is 5.72. The topological polar surface area (TPSA) is 46.3 Å². The summed E-state index contributed by atoms with van der Waals surface area (Å²) in [7, 11) is 1.35. The molecule has 98 valence electrons. The summed E-state index contributed by atoms with van der Waals surface area (Å²) >= 11 is 4.84. The normalized spacial score (nSPS) is 18.4. The number of nitrogens with zero attached hydrogens (tertiary/aromatic N) is 1. The minimum Gasteiger partial charge on any atom is -0.392 e. The van der Waals surface area contributed by atoms with Crippen LogP contribution in [0.2, 0.25) is 0 Å². The molecule has 0 bridgehead atoms. The molecule has 1 rings (SSSR count). The molecule has 1 amide bonds. The van der Waals surface area contributed by atoms with Crippen molar-refractivity contribution in [3.8, 4) is 0 Å². The molecule has 7 heteroatoms. The van der Waals surface area contributed by atoms with Crippen LogP contribution in [0.5, 0.6) is 0 Å². The van der Waals surface area contributed by atoms with Crippen molar-refractivity contribution < 1.29 is 18.0 Å². The number of carbonyl (C=O) groups is 1. The van der Waals surface area contributed by atoms with Gasteiger partial charge in [-0.15, -0.1) is 0 Å². The van der Waals surface area contributed by atoms with Crippen molar-refractivity contribution in [3.63, 3.8) is 0 Å². The van der Waals surface area contributed by atoms with Crippen molar-refractivity contribution in [2.75, 3.05) is 13.6 Å². The van der Waals surface area contributed by atoms with Crippen molar-refractivity contribution in [1.29, 1.82) is 0 Å². The molecule has 0 spiro atoms. The monoisotopic (exact) mass is 268 g/mol. The highest BCUT2D eigenvalue weighted by atomic mass is 32.1. The van der Waals surface area contributed by atoms with Crippen LogP contribution < -0.4 is 5.73 Å². The summed E-state index contributed by atoms with van der Waals surface area (Å²) in [6.07, 6.45) is -3.36. The molecular formula is C10H15F3N2OS. The van der Waals surface area contributed by atoms with Gasteiger partial charge in [-0.2, -0.15) is 13.2 Å². The van der Waals surface area contributed by atoms with E-state index in [1.54, 1.807) is 0 Å². The number of carbonyl (C=O) groups excluding carboxylic acids is 1. The maximum absolute atomic E-state index is 12.0. The van der Waals surface area contributed by atoms with Gasteiger partial charge in [0.05, 0.1) is 16.8 Å². The minimum absolute atomic E-state index is 0.0904. The molecule has 1 saturated carbocycles. The van der Waals surface area contributed by atoms with E-state index in [9.17, 15) is 18.0 Å². The van der Waals surface area contributed by atoms with Crippen LogP contribution in [-0.4, -0.2) is 35.6 Å². The Hall–Kier alpha value is -0.850. The predicted molar refractivity (Wildman–Crippen MR) is 61.4 cm³/mol. The summed E-state index contributed by atoms with van der Waals surface area (Å²) in [5, 5.41) is 0. The van der Waals surface area contributed by atoms with Gasteiger partial charge in [0.25, 0.3) is 0 Å². The van der Waals surface area contributed by atoms with Gasteiger partial charge in [-0.3, -0.25) is 4.79 Å². The number of nitrogens with two attached hydrogens (primary N) is 1. The standard InChI is InChI=1S/C10H15F3N2OS/c1-15(6-5-10(11,12)13)8(16)9(7(14)17)3-2-4-9/h2-6H2,1H3,(H2,14,17). The molecule has 0 aromatic rings. The SMILES string of the molecule is CN(CCC(F)(F)F)C(=O)C1(C(N)=S)CCC1. The number of hydrogen-bond donors (Lipinski definition) is 1. The number of halogens is 3. The van der Waals surface area contributed by atoms with Gasteiger partial charge in [-0.05, 0) is 12.8 Å². The Morgan fingerprint density at radius 1 is 1.47 bits per heavy atom. The molecule has 1 aliphatic carbocycles. The van der Waals surface area contributed by atoms with E-state index in [4.69, 9.17) is 18.0 Å². The van der Waals surface area contributed by atoms with Crippen molar-refractivity contribution in [2.45, 2.75) is 31.9 Å². The largest absolute Gasteiger partial charge is 0.392 e. The summed E-state index contributed by atoms with van der Waals surface area (Å²) in [5.74, 6) is -0.388. The van der Waals surface area contributed by atoms with Crippen LogP contribution >= 0.6 is 12.2 Å². The van der Waals surface area contributed by atoms with E-state index in [0.717, 1.165) is 11.3 Å². The van der Waals surface area contributed by atoms with Gasteiger partial charge in [0.2, 0.25) is 5.91 Å². The Bertz CT molecular complexity index is 326. The molecule has 2 N–H and O–H groups in total. The van der Waals surface area contributed by atoms with Crippen LogP contribution in [0, 0.1) is 5.41 Å². The highest BCUT2D eigenvalue weighted by Gasteiger charge is 2.48. The van der Waals surface area contributed by atoms with Crippen molar-refractivity contribution in [2.24, 2.45) is 11.1 Å². The lowest BCUT2D eigenvalue weighted by Gasteiger charge is -2.41. The Morgan fingerprint density at radius 2 is 2.00 bits per heavy atom. The quantitative estimate of drug-likeness (QED) is 0.792. The average molecular weight is 268 g/mol. The Labute approximate surface area is 103 Å².